The van der Waals surface area contributed by atoms with Crippen LogP contribution >= 0.6 is 15.2 Å². The van der Waals surface area contributed by atoms with Gasteiger partial charge in [-0.3, -0.25) is 23.9 Å². The molecule has 0 spiro atoms. The molecule has 0 aromatic carbocycles. The summed E-state index contributed by atoms with van der Waals surface area (Å²) in [6.45, 7) is 5.42. The summed E-state index contributed by atoms with van der Waals surface area (Å²) in [5.74, 6) is 0. The second kappa shape index (κ2) is 7.53. The Kier molecular flexibility index (Phi) is 6.14. The maximum atomic E-state index is 12.2. The van der Waals surface area contributed by atoms with Gasteiger partial charge >= 0.3 is 15.2 Å². The molecule has 0 radical (unpaired) electrons. The van der Waals surface area contributed by atoms with E-state index in [-0.39, 0.29) is 12.6 Å². The van der Waals surface area contributed by atoms with Crippen molar-refractivity contribution < 1.29 is 23.2 Å². The van der Waals surface area contributed by atoms with Gasteiger partial charge in [0, 0.05) is 13.1 Å². The van der Waals surface area contributed by atoms with Crippen molar-refractivity contribution in [3.63, 3.8) is 0 Å². The van der Waals surface area contributed by atoms with E-state index in [2.05, 4.69) is 4.98 Å². The molecule has 2 bridgehead atoms. The van der Waals surface area contributed by atoms with Crippen LogP contribution in [0.5, 0.6) is 0 Å². The summed E-state index contributed by atoms with van der Waals surface area (Å²) in [7, 11) is -8.42. The highest BCUT2D eigenvalue weighted by Crippen LogP contribution is 2.59. The minimum Gasteiger partial charge on any atom is -0.323 e. The Hall–Kier alpha value is -0.590. The lowest BCUT2D eigenvalue weighted by atomic mass is 10.2. The Morgan fingerprint density at radius 3 is 1.87 bits per heavy atom. The summed E-state index contributed by atoms with van der Waals surface area (Å²) in [4.78, 5) is 27.8. The van der Waals surface area contributed by atoms with Gasteiger partial charge in [-0.2, -0.15) is 0 Å². The molecular weight excluding hydrogens is 340 g/mol. The zero-order valence-corrected chi connectivity index (χ0v) is 15.1. The largest absolute Gasteiger partial charge is 0.349 e. The Morgan fingerprint density at radius 1 is 1.04 bits per heavy atom. The van der Waals surface area contributed by atoms with Crippen LogP contribution in [-0.4, -0.2) is 50.2 Å². The summed E-state index contributed by atoms with van der Waals surface area (Å²) >= 11 is 0. The Bertz CT molecular complexity index is 593. The lowest BCUT2D eigenvalue weighted by Gasteiger charge is -2.28. The van der Waals surface area contributed by atoms with Crippen molar-refractivity contribution >= 4 is 15.2 Å². The van der Waals surface area contributed by atoms with Crippen molar-refractivity contribution in [2.24, 2.45) is 0 Å². The number of nitrogens with zero attached hydrogens (tertiary/aromatic N) is 3. The summed E-state index contributed by atoms with van der Waals surface area (Å²) in [6, 6.07) is 5.58. The van der Waals surface area contributed by atoms with E-state index >= 15 is 0 Å². The topological polar surface area (TPSA) is 103 Å². The molecule has 1 aliphatic heterocycles. The molecule has 2 unspecified atom stereocenters. The zero-order chi connectivity index (χ0) is 17.1. The Labute approximate surface area is 136 Å². The highest BCUT2D eigenvalue weighted by Gasteiger charge is 2.35. The van der Waals surface area contributed by atoms with Crippen LogP contribution < -0.4 is 0 Å². The second-order valence-electron chi connectivity index (χ2n) is 5.55. The summed E-state index contributed by atoms with van der Waals surface area (Å²) in [5.41, 5.74) is 1.57. The van der Waals surface area contributed by atoms with Gasteiger partial charge < -0.3 is 9.79 Å². The molecule has 10 heteroatoms. The van der Waals surface area contributed by atoms with E-state index in [1.807, 2.05) is 32.0 Å². The molecule has 0 saturated heterocycles. The van der Waals surface area contributed by atoms with Gasteiger partial charge in [0.25, 0.3) is 0 Å². The third kappa shape index (κ3) is 5.76. The smallest absolute Gasteiger partial charge is 0.323 e. The number of pyridine rings is 1. The zero-order valence-electron chi connectivity index (χ0n) is 13.3. The molecule has 2 N–H and O–H groups in total. The van der Waals surface area contributed by atoms with Gasteiger partial charge in [0.1, 0.15) is 12.6 Å². The molecule has 130 valence electrons. The average Bonchev–Trinajstić information content (AvgIpc) is 2.43. The molecule has 0 fully saturated rings. The lowest BCUT2D eigenvalue weighted by Crippen LogP contribution is -2.28. The molecule has 23 heavy (non-hydrogen) atoms. The van der Waals surface area contributed by atoms with Crippen LogP contribution in [0.4, 0.5) is 0 Å². The van der Waals surface area contributed by atoms with Gasteiger partial charge in [-0.25, -0.2) is 4.31 Å². The first-order chi connectivity index (χ1) is 10.7. The molecule has 1 aliphatic rings. The third-order valence-electron chi connectivity index (χ3n) is 3.54. The van der Waals surface area contributed by atoms with Crippen molar-refractivity contribution in [1.29, 1.82) is 0 Å². The summed E-state index contributed by atoms with van der Waals surface area (Å²) < 4.78 is 29.1. The maximum absolute atomic E-state index is 12.2. The molecule has 2 rings (SSSR count). The molecule has 1 aromatic rings. The standard InChI is InChI=1S/C13H23N3O5P2/c1-3-15-8-12-6-5-7-13(14-12)9-16(4-2)11-23(19,20)21-22(17,18)10-15/h5-7H,3-4,8-11H2,1-2H3,(H,17,18)(H,19,20). The number of aromatic nitrogens is 1. The van der Waals surface area contributed by atoms with Crippen LogP contribution in [0.3, 0.4) is 0 Å². The fourth-order valence-electron chi connectivity index (χ4n) is 2.44. The van der Waals surface area contributed by atoms with Crippen LogP contribution in [0.25, 0.3) is 0 Å². The fourth-order valence-corrected chi connectivity index (χ4v) is 6.06. The van der Waals surface area contributed by atoms with E-state index in [0.717, 1.165) is 11.4 Å². The number of fused-ring (bicyclic) bond motifs is 2. The predicted molar refractivity (Wildman–Crippen MR) is 86.9 cm³/mol. The number of rotatable bonds is 2. The van der Waals surface area contributed by atoms with E-state index in [1.54, 1.807) is 9.80 Å². The first-order valence-corrected chi connectivity index (χ1v) is 11.0. The van der Waals surface area contributed by atoms with E-state index in [0.29, 0.717) is 26.2 Å². The van der Waals surface area contributed by atoms with Crippen LogP contribution in [0.2, 0.25) is 0 Å². The monoisotopic (exact) mass is 363 g/mol. The first-order valence-electron chi connectivity index (χ1n) is 7.47. The average molecular weight is 363 g/mol. The quantitative estimate of drug-likeness (QED) is 0.770. The molecule has 0 aliphatic carbocycles. The van der Waals surface area contributed by atoms with Crippen molar-refractivity contribution in [1.82, 2.24) is 14.8 Å². The molecular formula is C13H23N3O5P2. The summed E-state index contributed by atoms with van der Waals surface area (Å²) in [6.07, 6.45) is -0.627. The van der Waals surface area contributed by atoms with Gasteiger partial charge in [-0.1, -0.05) is 19.9 Å². The number of hydrogen-bond donors (Lipinski definition) is 2. The van der Waals surface area contributed by atoms with Crippen LogP contribution in [0.15, 0.2) is 18.2 Å². The van der Waals surface area contributed by atoms with E-state index < -0.39 is 15.2 Å². The molecule has 2 heterocycles. The second-order valence-corrected chi connectivity index (χ2v) is 9.32. The van der Waals surface area contributed by atoms with Gasteiger partial charge in [0.15, 0.2) is 0 Å². The fraction of sp³-hybridized carbons (Fsp3) is 0.615. The van der Waals surface area contributed by atoms with Crippen molar-refractivity contribution in [3.8, 4) is 0 Å². The lowest BCUT2D eigenvalue weighted by molar-refractivity contribution is 0.249. The SMILES string of the molecule is CCN1Cc2cccc(n2)CN(CC)CP(=O)(O)OP(=O)(O)C1. The summed E-state index contributed by atoms with van der Waals surface area (Å²) in [5, 5.41) is 0. The highest BCUT2D eigenvalue weighted by atomic mass is 31.3. The van der Waals surface area contributed by atoms with Crippen molar-refractivity contribution in [3.05, 3.63) is 29.6 Å². The molecule has 0 amide bonds. The van der Waals surface area contributed by atoms with Crippen molar-refractivity contribution in [2.45, 2.75) is 26.9 Å². The Morgan fingerprint density at radius 2 is 1.48 bits per heavy atom. The van der Waals surface area contributed by atoms with E-state index in [1.165, 1.54) is 0 Å². The van der Waals surface area contributed by atoms with Gasteiger partial charge in [-0.05, 0) is 25.2 Å². The third-order valence-corrected chi connectivity index (χ3v) is 7.10. The maximum Gasteiger partial charge on any atom is 0.349 e. The first kappa shape index (κ1) is 18.7. The Balaban J connectivity index is 2.38. The predicted octanol–water partition coefficient (Wildman–Crippen LogP) is 2.04. The molecule has 1 aromatic heterocycles. The van der Waals surface area contributed by atoms with Crippen molar-refractivity contribution in [2.75, 3.05) is 25.7 Å². The molecule has 8 nitrogen and oxygen atoms in total. The van der Waals surface area contributed by atoms with Crippen LogP contribution in [0.1, 0.15) is 25.2 Å². The molecule has 0 saturated carbocycles. The van der Waals surface area contributed by atoms with Gasteiger partial charge in [0.05, 0.1) is 11.4 Å². The highest BCUT2D eigenvalue weighted by molar-refractivity contribution is 7.66. The van der Waals surface area contributed by atoms with Crippen LogP contribution in [-0.2, 0) is 26.5 Å². The minimum atomic E-state index is -4.21. The van der Waals surface area contributed by atoms with Crippen LogP contribution in [0, 0.1) is 0 Å². The van der Waals surface area contributed by atoms with E-state index in [4.69, 9.17) is 4.31 Å². The normalized spacial score (nSPS) is 31.3. The minimum absolute atomic E-state index is 0.313. The number of hydrogen-bond acceptors (Lipinski definition) is 6. The molecule has 2 atom stereocenters. The van der Waals surface area contributed by atoms with Gasteiger partial charge in [-0.15, -0.1) is 0 Å². The van der Waals surface area contributed by atoms with Gasteiger partial charge in [0.2, 0.25) is 0 Å². The van der Waals surface area contributed by atoms with E-state index in [9.17, 15) is 18.9 Å².